The number of hydrogen-bond donors (Lipinski definition) is 1. The van der Waals surface area contributed by atoms with E-state index in [1.54, 1.807) is 12.1 Å². The summed E-state index contributed by atoms with van der Waals surface area (Å²) in [5, 5.41) is 21.0. The molecule has 0 bridgehead atoms. The van der Waals surface area contributed by atoms with E-state index in [1.165, 1.54) is 4.68 Å². The molecular formula is C20H15N3O3S. The van der Waals surface area contributed by atoms with Crippen LogP contribution in [0.3, 0.4) is 0 Å². The first-order valence-electron chi connectivity index (χ1n) is 8.26. The predicted octanol–water partition coefficient (Wildman–Crippen LogP) is 2.91. The minimum Gasteiger partial charge on any atom is -0.538 e. The first-order chi connectivity index (χ1) is 13.2. The second kappa shape index (κ2) is 7.51. The molecule has 1 amide bonds. The smallest absolute Gasteiger partial charge is 0.298 e. The van der Waals surface area contributed by atoms with Crippen LogP contribution in [-0.2, 0) is 4.79 Å². The van der Waals surface area contributed by atoms with E-state index in [0.717, 1.165) is 22.5 Å². The van der Waals surface area contributed by atoms with Gasteiger partial charge in [0.2, 0.25) is 11.6 Å². The molecule has 0 saturated carbocycles. The zero-order chi connectivity index (χ0) is 18.6. The van der Waals surface area contributed by atoms with Crippen molar-refractivity contribution < 1.29 is 19.1 Å². The lowest BCUT2D eigenvalue weighted by atomic mass is 10.1. The normalized spacial score (nSPS) is 10.8. The fourth-order valence-corrected chi connectivity index (χ4v) is 3.45. The molecular weight excluding hydrogens is 362 g/mol. The van der Waals surface area contributed by atoms with Crippen molar-refractivity contribution in [2.75, 3.05) is 11.1 Å². The summed E-state index contributed by atoms with van der Waals surface area (Å²) in [6, 6.07) is 22.8. The van der Waals surface area contributed by atoms with Gasteiger partial charge in [0.25, 0.3) is 5.03 Å². The number of nitrogens with zero attached hydrogens (tertiary/aromatic N) is 2. The zero-order valence-electron chi connectivity index (χ0n) is 14.2. The first kappa shape index (κ1) is 17.1. The van der Waals surface area contributed by atoms with Crippen LogP contribution in [0.2, 0.25) is 0 Å². The molecule has 0 radical (unpaired) electrons. The van der Waals surface area contributed by atoms with Crippen molar-refractivity contribution in [3.05, 3.63) is 72.8 Å². The van der Waals surface area contributed by atoms with E-state index in [2.05, 4.69) is 10.6 Å². The van der Waals surface area contributed by atoms with Gasteiger partial charge in [-0.25, -0.2) is 0 Å². The Hall–Kier alpha value is -3.32. The maximum Gasteiger partial charge on any atom is 0.298 e. The summed E-state index contributed by atoms with van der Waals surface area (Å²) < 4.78 is 6.15. The van der Waals surface area contributed by atoms with Crippen molar-refractivity contribution in [3.8, 4) is 11.6 Å². The number of rotatable bonds is 5. The number of anilines is 1. The average molecular weight is 377 g/mol. The lowest BCUT2D eigenvalue weighted by Crippen LogP contribution is -2.35. The Kier molecular flexibility index (Phi) is 4.76. The fraction of sp³-hybridized carbons (Fsp3) is 0.0500. The zero-order valence-corrected chi connectivity index (χ0v) is 15.0. The second-order valence-corrected chi connectivity index (χ2v) is 6.78. The molecule has 4 aromatic rings. The number of amides is 1. The summed E-state index contributed by atoms with van der Waals surface area (Å²) in [5.74, 6) is -0.714. The third kappa shape index (κ3) is 3.78. The molecule has 1 N–H and O–H groups in total. The number of hydrogen-bond acceptors (Lipinski definition) is 5. The number of benzene rings is 3. The highest BCUT2D eigenvalue weighted by atomic mass is 32.2. The number of aromatic nitrogens is 2. The molecule has 0 spiro atoms. The summed E-state index contributed by atoms with van der Waals surface area (Å²) in [6.07, 6.45) is 0. The van der Waals surface area contributed by atoms with Gasteiger partial charge in [0.1, 0.15) is 0 Å². The highest BCUT2D eigenvalue weighted by molar-refractivity contribution is 7.99. The molecule has 1 aromatic heterocycles. The fourth-order valence-electron chi connectivity index (χ4n) is 2.69. The number of thioether (sulfide) groups is 1. The Morgan fingerprint density at radius 3 is 2.59 bits per heavy atom. The second-order valence-electron chi connectivity index (χ2n) is 5.81. The van der Waals surface area contributed by atoms with Crippen LogP contribution in [0.5, 0.6) is 5.95 Å². The van der Waals surface area contributed by atoms with Crippen molar-refractivity contribution in [2.24, 2.45) is 0 Å². The molecule has 0 aliphatic rings. The number of nitrogens with one attached hydrogen (secondary N) is 1. The van der Waals surface area contributed by atoms with E-state index in [1.807, 2.05) is 60.7 Å². The van der Waals surface area contributed by atoms with Crippen molar-refractivity contribution in [3.63, 3.8) is 0 Å². The molecule has 4 rings (SSSR count). The maximum atomic E-state index is 12.3. The van der Waals surface area contributed by atoms with E-state index in [-0.39, 0.29) is 16.7 Å². The van der Waals surface area contributed by atoms with Gasteiger partial charge in [0.05, 0.1) is 11.0 Å². The molecule has 0 aliphatic heterocycles. The SMILES string of the molecule is O=C(CSc1c([O-])on[n+]1-c1ccccc1)Nc1ccc2ccccc2c1. The van der Waals surface area contributed by atoms with Crippen LogP contribution in [0.15, 0.2) is 82.3 Å². The van der Waals surface area contributed by atoms with Gasteiger partial charge in [-0.05, 0) is 39.3 Å². The van der Waals surface area contributed by atoms with Crippen molar-refractivity contribution in [1.82, 2.24) is 5.27 Å². The Balaban J connectivity index is 1.46. The van der Waals surface area contributed by atoms with E-state index < -0.39 is 5.95 Å². The molecule has 134 valence electrons. The monoisotopic (exact) mass is 377 g/mol. The Bertz CT molecular complexity index is 1100. The molecule has 6 nitrogen and oxygen atoms in total. The largest absolute Gasteiger partial charge is 0.538 e. The summed E-state index contributed by atoms with van der Waals surface area (Å²) in [6.45, 7) is 0. The number of carbonyl (C=O) groups is 1. The molecule has 0 aliphatic carbocycles. The van der Waals surface area contributed by atoms with Gasteiger partial charge >= 0.3 is 0 Å². The lowest BCUT2D eigenvalue weighted by molar-refractivity contribution is -0.705. The summed E-state index contributed by atoms with van der Waals surface area (Å²) in [4.78, 5) is 12.3. The number of fused-ring (bicyclic) bond motifs is 1. The van der Waals surface area contributed by atoms with E-state index >= 15 is 0 Å². The van der Waals surface area contributed by atoms with Crippen LogP contribution >= 0.6 is 11.8 Å². The number of para-hydroxylation sites is 1. The predicted molar refractivity (Wildman–Crippen MR) is 101 cm³/mol. The number of carbonyl (C=O) groups excluding carboxylic acids is 1. The highest BCUT2D eigenvalue weighted by Crippen LogP contribution is 2.24. The quantitative estimate of drug-likeness (QED) is 0.427. The third-order valence-electron chi connectivity index (χ3n) is 3.95. The van der Waals surface area contributed by atoms with Gasteiger partial charge in [-0.2, -0.15) is 0 Å². The minimum atomic E-state index is -0.567. The van der Waals surface area contributed by atoms with Crippen LogP contribution in [0.4, 0.5) is 5.69 Å². The minimum absolute atomic E-state index is 0.0656. The summed E-state index contributed by atoms with van der Waals surface area (Å²) in [5.41, 5.74) is 1.41. The van der Waals surface area contributed by atoms with Crippen LogP contribution in [0.25, 0.3) is 16.5 Å². The van der Waals surface area contributed by atoms with Gasteiger partial charge < -0.3 is 14.9 Å². The standard InChI is InChI=1S/C20H15N3O3S/c24-18(21-16-11-10-14-6-4-5-7-15(14)12-16)13-27-19-20(25)26-22-23(19)17-8-2-1-3-9-17/h1-12H,13H2,(H-,21,22,24,25). The van der Waals surface area contributed by atoms with Gasteiger partial charge in [-0.15, -0.1) is 0 Å². The van der Waals surface area contributed by atoms with E-state index in [9.17, 15) is 9.90 Å². The molecule has 0 fully saturated rings. The summed E-state index contributed by atoms with van der Waals surface area (Å²) >= 11 is 1.09. The molecule has 7 heteroatoms. The van der Waals surface area contributed by atoms with Gasteiger partial charge in [0.15, 0.2) is 5.95 Å². The van der Waals surface area contributed by atoms with Crippen LogP contribution in [0, 0.1) is 0 Å². The third-order valence-corrected chi connectivity index (χ3v) is 4.97. The van der Waals surface area contributed by atoms with Crippen molar-refractivity contribution in [2.45, 2.75) is 5.03 Å². The average Bonchev–Trinajstić information content (AvgIpc) is 3.07. The molecule has 27 heavy (non-hydrogen) atoms. The molecule has 0 unspecified atom stereocenters. The van der Waals surface area contributed by atoms with Crippen molar-refractivity contribution in [1.29, 1.82) is 0 Å². The molecule has 1 heterocycles. The van der Waals surface area contributed by atoms with E-state index in [0.29, 0.717) is 11.4 Å². The maximum absolute atomic E-state index is 12.3. The van der Waals surface area contributed by atoms with Gasteiger partial charge in [0, 0.05) is 17.8 Å². The molecule has 0 atom stereocenters. The van der Waals surface area contributed by atoms with Gasteiger partial charge in [-0.3, -0.25) is 4.79 Å². The van der Waals surface area contributed by atoms with Crippen molar-refractivity contribution >= 4 is 34.1 Å². The lowest BCUT2D eigenvalue weighted by Gasteiger charge is -2.06. The Labute approximate surface area is 159 Å². The van der Waals surface area contributed by atoms with Crippen LogP contribution in [0.1, 0.15) is 0 Å². The molecule has 0 saturated heterocycles. The highest BCUT2D eigenvalue weighted by Gasteiger charge is 2.21. The van der Waals surface area contributed by atoms with Crippen LogP contribution < -0.4 is 15.1 Å². The topological polar surface area (TPSA) is 82.1 Å². The first-order valence-corrected chi connectivity index (χ1v) is 9.25. The van der Waals surface area contributed by atoms with E-state index in [4.69, 9.17) is 4.52 Å². The Morgan fingerprint density at radius 1 is 1.04 bits per heavy atom. The molecule has 3 aromatic carbocycles. The van der Waals surface area contributed by atoms with Crippen LogP contribution in [-0.4, -0.2) is 16.9 Å². The summed E-state index contributed by atoms with van der Waals surface area (Å²) in [7, 11) is 0. The Morgan fingerprint density at radius 2 is 1.78 bits per heavy atom. The van der Waals surface area contributed by atoms with Gasteiger partial charge in [-0.1, -0.05) is 48.5 Å².